The Hall–Kier alpha value is -1.63. The number of hydrogen-bond donors (Lipinski definition) is 1. The van der Waals surface area contributed by atoms with Gasteiger partial charge in [-0.15, -0.1) is 0 Å². The summed E-state index contributed by atoms with van der Waals surface area (Å²) in [6, 6.07) is 0. The lowest BCUT2D eigenvalue weighted by Crippen LogP contribution is -3.08. The highest BCUT2D eigenvalue weighted by Crippen LogP contribution is 2.22. The van der Waals surface area contributed by atoms with E-state index in [0.717, 1.165) is 90.1 Å². The highest BCUT2D eigenvalue weighted by molar-refractivity contribution is 5.76. The predicted molar refractivity (Wildman–Crippen MR) is 215 cm³/mol. The highest BCUT2D eigenvalue weighted by Gasteiger charge is 2.23. The molecular weight excluding hydrogens is 636 g/mol. The minimum atomic E-state index is -0.107. The number of amides is 1. The first kappa shape index (κ1) is 49.4. The molecule has 0 aliphatic heterocycles. The normalized spacial score (nSPS) is 13.1. The SMILES string of the molecule is CCCCCCCCC(CCCCCC)C(=O)OCCN(CCOC(=O)C(CCCCCC)CCCCCCCC)C(=O)CCC[NH+](C)CCC. The fourth-order valence-corrected chi connectivity index (χ4v) is 7.10. The lowest BCUT2D eigenvalue weighted by Gasteiger charge is -2.24. The summed E-state index contributed by atoms with van der Waals surface area (Å²) in [5, 5.41) is 0. The molecule has 1 amide bonds. The lowest BCUT2D eigenvalue weighted by atomic mass is 9.94. The molecule has 0 aromatic rings. The maximum Gasteiger partial charge on any atom is 0.308 e. The van der Waals surface area contributed by atoms with Crippen molar-refractivity contribution in [3.8, 4) is 0 Å². The summed E-state index contributed by atoms with van der Waals surface area (Å²) in [4.78, 5) is 43.2. The second kappa shape index (κ2) is 36.7. The Morgan fingerprint density at radius 2 is 0.824 bits per heavy atom. The van der Waals surface area contributed by atoms with E-state index in [1.807, 2.05) is 0 Å². The van der Waals surface area contributed by atoms with Crippen LogP contribution in [-0.2, 0) is 23.9 Å². The quantitative estimate of drug-likeness (QED) is 0.0507. The Morgan fingerprint density at radius 3 is 1.20 bits per heavy atom. The van der Waals surface area contributed by atoms with Gasteiger partial charge in [-0.05, 0) is 32.1 Å². The van der Waals surface area contributed by atoms with Crippen molar-refractivity contribution < 1.29 is 28.8 Å². The van der Waals surface area contributed by atoms with Gasteiger partial charge in [-0.1, -0.05) is 163 Å². The molecule has 7 heteroatoms. The van der Waals surface area contributed by atoms with Crippen molar-refractivity contribution in [2.45, 2.75) is 208 Å². The molecule has 7 nitrogen and oxygen atoms in total. The Labute approximate surface area is 317 Å². The van der Waals surface area contributed by atoms with Crippen LogP contribution in [0, 0.1) is 11.8 Å². The number of carbonyl (C=O) groups excluding carboxylic acids is 3. The van der Waals surface area contributed by atoms with Crippen molar-refractivity contribution in [3.63, 3.8) is 0 Å². The van der Waals surface area contributed by atoms with Gasteiger partial charge in [-0.2, -0.15) is 0 Å². The van der Waals surface area contributed by atoms with Crippen LogP contribution in [0.3, 0.4) is 0 Å². The third kappa shape index (κ3) is 29.5. The van der Waals surface area contributed by atoms with E-state index in [1.54, 1.807) is 4.90 Å². The zero-order chi connectivity index (χ0) is 37.8. The maximum atomic E-state index is 13.4. The van der Waals surface area contributed by atoms with Gasteiger partial charge in [0.05, 0.1) is 45.1 Å². The molecule has 0 heterocycles. The standard InChI is InChI=1S/C44H86N2O5/c1-7-12-16-20-22-26-31-40(29-24-18-14-9-3)43(48)50-38-36-46(42(47)33-28-35-45(6)34-11-5)37-39-51-44(49)41(30-25-19-15-10-4)32-27-23-21-17-13-8-2/h40-41H,7-39H2,1-6H3/p+1. The summed E-state index contributed by atoms with van der Waals surface area (Å²) in [7, 11) is 2.18. The summed E-state index contributed by atoms with van der Waals surface area (Å²) >= 11 is 0. The van der Waals surface area contributed by atoms with E-state index in [9.17, 15) is 14.4 Å². The van der Waals surface area contributed by atoms with Crippen LogP contribution in [0.5, 0.6) is 0 Å². The van der Waals surface area contributed by atoms with E-state index >= 15 is 0 Å². The van der Waals surface area contributed by atoms with E-state index in [4.69, 9.17) is 9.47 Å². The van der Waals surface area contributed by atoms with Crippen molar-refractivity contribution in [2.75, 3.05) is 46.4 Å². The predicted octanol–water partition coefficient (Wildman–Crippen LogP) is 10.3. The molecular formula is C44H87N2O5+. The van der Waals surface area contributed by atoms with Gasteiger partial charge < -0.3 is 19.3 Å². The van der Waals surface area contributed by atoms with Crippen LogP contribution in [0.2, 0.25) is 0 Å². The van der Waals surface area contributed by atoms with E-state index in [1.165, 1.54) is 94.8 Å². The van der Waals surface area contributed by atoms with Crippen molar-refractivity contribution >= 4 is 17.8 Å². The van der Waals surface area contributed by atoms with Crippen molar-refractivity contribution in [3.05, 3.63) is 0 Å². The Balaban J connectivity index is 5.26. The fourth-order valence-electron chi connectivity index (χ4n) is 7.10. The van der Waals surface area contributed by atoms with Crippen LogP contribution in [0.4, 0.5) is 0 Å². The molecule has 0 saturated carbocycles. The van der Waals surface area contributed by atoms with Crippen LogP contribution in [0.15, 0.2) is 0 Å². The molecule has 0 spiro atoms. The molecule has 51 heavy (non-hydrogen) atoms. The maximum absolute atomic E-state index is 13.4. The first-order valence-electron chi connectivity index (χ1n) is 22.3. The molecule has 3 atom stereocenters. The van der Waals surface area contributed by atoms with E-state index in [-0.39, 0.29) is 42.9 Å². The van der Waals surface area contributed by atoms with Crippen LogP contribution < -0.4 is 4.90 Å². The van der Waals surface area contributed by atoms with Gasteiger partial charge in [0.1, 0.15) is 13.2 Å². The molecule has 0 fully saturated rings. The topological polar surface area (TPSA) is 77.3 Å². The number of quaternary nitrogens is 1. The summed E-state index contributed by atoms with van der Waals surface area (Å²) in [5.74, 6) is -0.279. The summed E-state index contributed by atoms with van der Waals surface area (Å²) in [6.07, 6.45) is 29.7. The lowest BCUT2D eigenvalue weighted by molar-refractivity contribution is -0.879. The minimum absolute atomic E-state index is 0.0535. The van der Waals surface area contributed by atoms with Gasteiger partial charge in [0.15, 0.2) is 0 Å². The zero-order valence-corrected chi connectivity index (χ0v) is 35.0. The molecule has 0 aromatic carbocycles. The fraction of sp³-hybridized carbons (Fsp3) is 0.932. The van der Waals surface area contributed by atoms with Gasteiger partial charge in [0.25, 0.3) is 0 Å². The van der Waals surface area contributed by atoms with Gasteiger partial charge in [-0.3, -0.25) is 14.4 Å². The summed E-state index contributed by atoms with van der Waals surface area (Å²) in [6.45, 7) is 14.2. The number of unbranched alkanes of at least 4 members (excludes halogenated alkanes) is 16. The third-order valence-electron chi connectivity index (χ3n) is 10.5. The monoisotopic (exact) mass is 724 g/mol. The van der Waals surface area contributed by atoms with Gasteiger partial charge in [0.2, 0.25) is 5.91 Å². The summed E-state index contributed by atoms with van der Waals surface area (Å²) in [5.41, 5.74) is 0. The molecule has 302 valence electrons. The van der Waals surface area contributed by atoms with Crippen LogP contribution in [0.1, 0.15) is 208 Å². The Morgan fingerprint density at radius 1 is 0.471 bits per heavy atom. The second-order valence-electron chi connectivity index (χ2n) is 15.5. The number of nitrogens with zero attached hydrogens (tertiary/aromatic N) is 1. The second-order valence-corrected chi connectivity index (χ2v) is 15.5. The smallest absolute Gasteiger partial charge is 0.308 e. The molecule has 0 aromatic heterocycles. The third-order valence-corrected chi connectivity index (χ3v) is 10.5. The number of carbonyl (C=O) groups is 3. The molecule has 0 saturated heterocycles. The van der Waals surface area contributed by atoms with E-state index in [0.29, 0.717) is 19.5 Å². The van der Waals surface area contributed by atoms with Crippen molar-refractivity contribution in [2.24, 2.45) is 11.8 Å². The molecule has 3 unspecified atom stereocenters. The van der Waals surface area contributed by atoms with Crippen LogP contribution >= 0.6 is 0 Å². The van der Waals surface area contributed by atoms with E-state index in [2.05, 4.69) is 41.7 Å². The van der Waals surface area contributed by atoms with Gasteiger partial charge in [0, 0.05) is 12.8 Å². The largest absolute Gasteiger partial charge is 0.464 e. The van der Waals surface area contributed by atoms with Gasteiger partial charge >= 0.3 is 11.9 Å². The Bertz CT molecular complexity index is 756. The average molecular weight is 724 g/mol. The zero-order valence-electron chi connectivity index (χ0n) is 35.0. The molecule has 0 rings (SSSR count). The molecule has 0 bridgehead atoms. The number of hydrogen-bond acceptors (Lipinski definition) is 5. The molecule has 1 N–H and O–H groups in total. The van der Waals surface area contributed by atoms with Crippen LogP contribution in [0.25, 0.3) is 0 Å². The van der Waals surface area contributed by atoms with Crippen LogP contribution in [-0.4, -0.2) is 69.2 Å². The van der Waals surface area contributed by atoms with Crippen molar-refractivity contribution in [1.82, 2.24) is 4.90 Å². The first-order valence-corrected chi connectivity index (χ1v) is 22.3. The average Bonchev–Trinajstić information content (AvgIpc) is 3.12. The summed E-state index contributed by atoms with van der Waals surface area (Å²) < 4.78 is 11.8. The first-order chi connectivity index (χ1) is 24.8. The molecule has 0 aliphatic carbocycles. The van der Waals surface area contributed by atoms with Gasteiger partial charge in [-0.25, -0.2) is 0 Å². The number of nitrogens with one attached hydrogen (secondary N) is 1. The number of esters is 2. The highest BCUT2D eigenvalue weighted by atomic mass is 16.5. The Kier molecular flexibility index (Phi) is 35.5. The van der Waals surface area contributed by atoms with Crippen molar-refractivity contribution in [1.29, 1.82) is 0 Å². The molecule has 0 aliphatic rings. The molecule has 0 radical (unpaired) electrons. The van der Waals surface area contributed by atoms with E-state index < -0.39 is 0 Å². The number of ether oxygens (including phenoxy) is 2. The minimum Gasteiger partial charge on any atom is -0.464 e. The number of rotatable bonds is 38.